The molecule has 0 spiro atoms. The first kappa shape index (κ1) is 10.6. The molecule has 0 aromatic rings. The molecule has 1 atom stereocenters. The zero-order valence-electron chi connectivity index (χ0n) is 6.58. The molecule has 0 bridgehead atoms. The van der Waals surface area contributed by atoms with Crippen molar-refractivity contribution in [2.45, 2.75) is 24.3 Å². The largest absolute Gasteiger partial charge is 0.332 e. The average Bonchev–Trinajstić information content (AvgIpc) is 1.96. The number of likely N-dealkylation sites (tertiary alicyclic amines) is 1. The van der Waals surface area contributed by atoms with Crippen LogP contribution in [0.25, 0.3) is 0 Å². The molecule has 1 fully saturated rings. The zero-order valence-corrected chi connectivity index (χ0v) is 6.58. The van der Waals surface area contributed by atoms with E-state index in [0.717, 1.165) is 7.05 Å². The first-order valence-electron chi connectivity index (χ1n) is 3.44. The normalized spacial score (nSPS) is 32.8. The lowest BCUT2D eigenvalue weighted by atomic mass is 10.1. The van der Waals surface area contributed by atoms with Crippen molar-refractivity contribution in [1.29, 1.82) is 0 Å². The van der Waals surface area contributed by atoms with E-state index in [4.69, 9.17) is 0 Å². The molecule has 13 heavy (non-hydrogen) atoms. The van der Waals surface area contributed by atoms with Crippen molar-refractivity contribution < 1.29 is 26.3 Å². The second kappa shape index (κ2) is 2.76. The molecular formula is C6H7F6N. The first-order valence-corrected chi connectivity index (χ1v) is 3.44. The summed E-state index contributed by atoms with van der Waals surface area (Å²) in [5.41, 5.74) is 0. The molecule has 0 aromatic carbocycles. The molecule has 0 aliphatic carbocycles. The van der Waals surface area contributed by atoms with Gasteiger partial charge in [0.15, 0.2) is 0 Å². The molecule has 0 aromatic heterocycles. The zero-order chi connectivity index (χ0) is 10.4. The van der Waals surface area contributed by atoms with Gasteiger partial charge in [-0.05, 0) is 7.05 Å². The van der Waals surface area contributed by atoms with Crippen LogP contribution in [0, 0.1) is 0 Å². The molecule has 1 unspecified atom stereocenters. The van der Waals surface area contributed by atoms with E-state index in [9.17, 15) is 26.3 Å². The van der Waals surface area contributed by atoms with E-state index in [2.05, 4.69) is 0 Å². The lowest BCUT2D eigenvalue weighted by Crippen LogP contribution is -2.48. The van der Waals surface area contributed by atoms with Crippen molar-refractivity contribution >= 4 is 0 Å². The number of rotatable bonds is 1. The molecule has 1 rings (SSSR count). The molecule has 7 heteroatoms. The van der Waals surface area contributed by atoms with Gasteiger partial charge in [-0.3, -0.25) is 4.90 Å². The molecule has 78 valence electrons. The van der Waals surface area contributed by atoms with Gasteiger partial charge in [-0.2, -0.15) is 17.6 Å². The Morgan fingerprint density at radius 1 is 1.23 bits per heavy atom. The third kappa shape index (κ3) is 1.38. The lowest BCUT2D eigenvalue weighted by Gasteiger charge is -2.23. The Morgan fingerprint density at radius 2 is 1.69 bits per heavy atom. The summed E-state index contributed by atoms with van der Waals surface area (Å²) >= 11 is 0. The van der Waals surface area contributed by atoms with Crippen LogP contribution in [0.1, 0.15) is 0 Å². The van der Waals surface area contributed by atoms with E-state index >= 15 is 0 Å². The van der Waals surface area contributed by atoms with E-state index < -0.39 is 30.9 Å². The van der Waals surface area contributed by atoms with Crippen molar-refractivity contribution in [2.24, 2.45) is 0 Å². The van der Waals surface area contributed by atoms with Crippen molar-refractivity contribution in [1.82, 2.24) is 4.90 Å². The van der Waals surface area contributed by atoms with Crippen molar-refractivity contribution in [3.05, 3.63) is 0 Å². The Balaban J connectivity index is 2.98. The van der Waals surface area contributed by atoms with Crippen LogP contribution in [-0.4, -0.2) is 42.8 Å². The maximum Gasteiger partial charge on any atom is 0.332 e. The Hall–Kier alpha value is -0.460. The van der Waals surface area contributed by atoms with E-state index in [-0.39, 0.29) is 4.90 Å². The van der Waals surface area contributed by atoms with Crippen LogP contribution in [0.5, 0.6) is 0 Å². The van der Waals surface area contributed by atoms with Crippen LogP contribution < -0.4 is 0 Å². The highest BCUT2D eigenvalue weighted by molar-refractivity contribution is 5.04. The SMILES string of the molecule is CN1CC(F)(F)C(F)(F)C1C(F)F. The third-order valence-corrected chi connectivity index (χ3v) is 2.02. The summed E-state index contributed by atoms with van der Waals surface area (Å²) in [6.45, 7) is -1.34. The minimum Gasteiger partial charge on any atom is -0.287 e. The molecule has 1 nitrogen and oxygen atoms in total. The van der Waals surface area contributed by atoms with E-state index in [1.807, 2.05) is 0 Å². The highest BCUT2D eigenvalue weighted by Gasteiger charge is 2.70. The monoisotopic (exact) mass is 207 g/mol. The smallest absolute Gasteiger partial charge is 0.287 e. The number of nitrogens with zero attached hydrogens (tertiary/aromatic N) is 1. The molecule has 0 radical (unpaired) electrons. The molecule has 0 N–H and O–H groups in total. The van der Waals surface area contributed by atoms with Crippen LogP contribution >= 0.6 is 0 Å². The van der Waals surface area contributed by atoms with Crippen molar-refractivity contribution in [2.75, 3.05) is 13.6 Å². The van der Waals surface area contributed by atoms with Crippen LogP contribution in [0.3, 0.4) is 0 Å². The standard InChI is InChI=1S/C6H7F6N/c1-13-2-5(9,10)6(11,12)3(13)4(7)8/h3-4H,2H2,1H3. The number of hydrogen-bond donors (Lipinski definition) is 0. The summed E-state index contributed by atoms with van der Waals surface area (Å²) in [7, 11) is 0.825. The van der Waals surface area contributed by atoms with E-state index in [1.165, 1.54) is 0 Å². The molecule has 1 heterocycles. The van der Waals surface area contributed by atoms with E-state index in [0.29, 0.717) is 0 Å². The Kier molecular flexibility index (Phi) is 2.26. The van der Waals surface area contributed by atoms with Crippen molar-refractivity contribution in [3.8, 4) is 0 Å². The highest BCUT2D eigenvalue weighted by Crippen LogP contribution is 2.46. The molecule has 1 aliphatic heterocycles. The average molecular weight is 207 g/mol. The van der Waals surface area contributed by atoms with Gasteiger partial charge in [0.05, 0.1) is 6.54 Å². The highest BCUT2D eigenvalue weighted by atomic mass is 19.3. The second-order valence-electron chi connectivity index (χ2n) is 3.02. The van der Waals surface area contributed by atoms with E-state index in [1.54, 1.807) is 0 Å². The first-order chi connectivity index (χ1) is 5.70. The maximum absolute atomic E-state index is 12.6. The number of halogens is 6. The van der Waals surface area contributed by atoms with Crippen molar-refractivity contribution in [3.63, 3.8) is 0 Å². The predicted octanol–water partition coefficient (Wildman–Crippen LogP) is 1.84. The summed E-state index contributed by atoms with van der Waals surface area (Å²) in [5, 5.41) is 0. The fraction of sp³-hybridized carbons (Fsp3) is 1.00. The third-order valence-electron chi connectivity index (χ3n) is 2.02. The summed E-state index contributed by atoms with van der Waals surface area (Å²) in [4.78, 5) is 0.282. The molecule has 0 saturated carbocycles. The topological polar surface area (TPSA) is 3.24 Å². The number of hydrogen-bond acceptors (Lipinski definition) is 1. The van der Waals surface area contributed by atoms with Gasteiger partial charge in [0, 0.05) is 0 Å². The molecular weight excluding hydrogens is 200 g/mol. The summed E-state index contributed by atoms with van der Waals surface area (Å²) in [6.07, 6.45) is -3.48. The van der Waals surface area contributed by atoms with Crippen LogP contribution in [0.2, 0.25) is 0 Å². The maximum atomic E-state index is 12.6. The summed E-state index contributed by atoms with van der Waals surface area (Å²) in [5.74, 6) is -9.03. The quantitative estimate of drug-likeness (QED) is 0.593. The van der Waals surface area contributed by atoms with Gasteiger partial charge in [-0.1, -0.05) is 0 Å². The molecule has 1 aliphatic rings. The van der Waals surface area contributed by atoms with Crippen LogP contribution in [0.15, 0.2) is 0 Å². The lowest BCUT2D eigenvalue weighted by molar-refractivity contribution is -0.201. The van der Waals surface area contributed by atoms with Crippen LogP contribution in [0.4, 0.5) is 26.3 Å². The van der Waals surface area contributed by atoms with Gasteiger partial charge in [-0.15, -0.1) is 0 Å². The minimum atomic E-state index is -4.66. The number of alkyl halides is 6. The van der Waals surface area contributed by atoms with Gasteiger partial charge in [-0.25, -0.2) is 8.78 Å². The Bertz CT molecular complexity index is 203. The Labute approximate surface area is 70.3 Å². The van der Waals surface area contributed by atoms with Gasteiger partial charge >= 0.3 is 11.8 Å². The second-order valence-corrected chi connectivity index (χ2v) is 3.02. The summed E-state index contributed by atoms with van der Waals surface area (Å²) < 4.78 is 74.1. The van der Waals surface area contributed by atoms with Gasteiger partial charge in [0.2, 0.25) is 0 Å². The fourth-order valence-electron chi connectivity index (χ4n) is 1.36. The van der Waals surface area contributed by atoms with Gasteiger partial charge in [0.1, 0.15) is 6.04 Å². The molecule has 0 amide bonds. The Morgan fingerprint density at radius 3 is 1.85 bits per heavy atom. The summed E-state index contributed by atoms with van der Waals surface area (Å²) in [6, 6.07) is -2.69. The minimum absolute atomic E-state index is 0.282. The van der Waals surface area contributed by atoms with Crippen LogP contribution in [-0.2, 0) is 0 Å². The van der Waals surface area contributed by atoms with Gasteiger partial charge < -0.3 is 0 Å². The predicted molar refractivity (Wildman–Crippen MR) is 32.3 cm³/mol. The fourth-order valence-corrected chi connectivity index (χ4v) is 1.36. The molecule has 1 saturated heterocycles. The van der Waals surface area contributed by atoms with Gasteiger partial charge in [0.25, 0.3) is 6.43 Å².